The molecule has 0 spiro atoms. The van der Waals surface area contributed by atoms with Gasteiger partial charge in [-0.15, -0.1) is 0 Å². The number of nitrogens with one attached hydrogen (secondary N) is 1. The van der Waals surface area contributed by atoms with Crippen LogP contribution in [0.4, 0.5) is 5.69 Å². The summed E-state index contributed by atoms with van der Waals surface area (Å²) in [5.74, 6) is 0.146. The van der Waals surface area contributed by atoms with Crippen molar-refractivity contribution in [2.75, 3.05) is 40.9 Å². The van der Waals surface area contributed by atoms with E-state index in [1.165, 1.54) is 59.8 Å². The monoisotopic (exact) mass is 417 g/mol. The highest BCUT2D eigenvalue weighted by molar-refractivity contribution is 6.06. The van der Waals surface area contributed by atoms with Crippen molar-refractivity contribution in [3.8, 4) is 28.7 Å². The largest absolute Gasteiger partial charge is 0.496 e. The van der Waals surface area contributed by atoms with Crippen molar-refractivity contribution in [2.24, 2.45) is 0 Å². The van der Waals surface area contributed by atoms with Crippen LogP contribution in [0.1, 0.15) is 15.9 Å². The Morgan fingerprint density at radius 1 is 0.767 bits per heavy atom. The second kappa shape index (κ2) is 10.1. The fourth-order valence-corrected chi connectivity index (χ4v) is 2.68. The van der Waals surface area contributed by atoms with Crippen molar-refractivity contribution in [2.45, 2.75) is 0 Å². The number of methoxy groups -OCH3 is 5. The van der Waals surface area contributed by atoms with Gasteiger partial charge >= 0.3 is 5.97 Å². The van der Waals surface area contributed by atoms with Crippen molar-refractivity contribution >= 4 is 23.6 Å². The van der Waals surface area contributed by atoms with Gasteiger partial charge in [0.1, 0.15) is 5.75 Å². The number of aromatic carboxylic acids is 1. The molecule has 0 saturated carbocycles. The highest BCUT2D eigenvalue weighted by Crippen LogP contribution is 2.36. The number of carboxylic acid groups (broad SMARTS) is 1. The number of ether oxygens (including phenoxy) is 5. The van der Waals surface area contributed by atoms with E-state index in [-0.39, 0.29) is 22.7 Å². The zero-order valence-electron chi connectivity index (χ0n) is 17.3. The second-order valence-electron chi connectivity index (χ2n) is 5.83. The minimum atomic E-state index is -1.23. The number of amides is 1. The van der Waals surface area contributed by atoms with Crippen molar-refractivity contribution in [3.05, 3.63) is 41.5 Å². The van der Waals surface area contributed by atoms with E-state index < -0.39 is 11.9 Å². The average Bonchev–Trinajstić information content (AvgIpc) is 2.76. The summed E-state index contributed by atoms with van der Waals surface area (Å²) < 4.78 is 26.1. The van der Waals surface area contributed by atoms with Crippen LogP contribution in [0.15, 0.2) is 30.3 Å². The van der Waals surface area contributed by atoms with Gasteiger partial charge in [-0.3, -0.25) is 4.79 Å². The number of hydrogen-bond acceptors (Lipinski definition) is 7. The first-order valence-corrected chi connectivity index (χ1v) is 8.66. The lowest BCUT2D eigenvalue weighted by atomic mass is 10.1. The molecular formula is C21H23NO8. The van der Waals surface area contributed by atoms with Crippen LogP contribution in [0.5, 0.6) is 28.7 Å². The summed E-state index contributed by atoms with van der Waals surface area (Å²) >= 11 is 0. The van der Waals surface area contributed by atoms with Gasteiger partial charge in [0, 0.05) is 29.8 Å². The quantitative estimate of drug-likeness (QED) is 0.599. The second-order valence-corrected chi connectivity index (χ2v) is 5.83. The third kappa shape index (κ3) is 4.93. The van der Waals surface area contributed by atoms with Crippen LogP contribution in [0.25, 0.3) is 6.08 Å². The summed E-state index contributed by atoms with van der Waals surface area (Å²) in [5, 5.41) is 12.0. The summed E-state index contributed by atoms with van der Waals surface area (Å²) in [6.07, 6.45) is 2.75. The van der Waals surface area contributed by atoms with Crippen molar-refractivity contribution in [1.29, 1.82) is 0 Å². The summed E-state index contributed by atoms with van der Waals surface area (Å²) in [4.78, 5) is 24.0. The predicted molar refractivity (Wildman–Crippen MR) is 110 cm³/mol. The van der Waals surface area contributed by atoms with Gasteiger partial charge in [0.2, 0.25) is 5.91 Å². The lowest BCUT2D eigenvalue weighted by molar-refractivity contribution is -0.111. The van der Waals surface area contributed by atoms with E-state index in [1.807, 2.05) is 0 Å². The van der Waals surface area contributed by atoms with Crippen molar-refractivity contribution < 1.29 is 38.4 Å². The molecule has 0 aliphatic heterocycles. The molecule has 0 unspecified atom stereocenters. The Morgan fingerprint density at radius 2 is 1.27 bits per heavy atom. The highest BCUT2D eigenvalue weighted by Gasteiger charge is 2.17. The Hall–Kier alpha value is -3.88. The van der Waals surface area contributed by atoms with E-state index in [0.29, 0.717) is 22.8 Å². The third-order valence-electron chi connectivity index (χ3n) is 4.16. The molecule has 0 aliphatic rings. The summed E-state index contributed by atoms with van der Waals surface area (Å²) in [7, 11) is 7.29. The van der Waals surface area contributed by atoms with E-state index >= 15 is 0 Å². The molecule has 2 aromatic carbocycles. The maximum atomic E-state index is 12.4. The first-order chi connectivity index (χ1) is 14.4. The molecule has 2 aromatic rings. The molecule has 2 N–H and O–H groups in total. The van der Waals surface area contributed by atoms with E-state index in [9.17, 15) is 14.7 Å². The van der Waals surface area contributed by atoms with Gasteiger partial charge in [0.15, 0.2) is 23.0 Å². The third-order valence-corrected chi connectivity index (χ3v) is 4.16. The highest BCUT2D eigenvalue weighted by atomic mass is 16.5. The first-order valence-electron chi connectivity index (χ1n) is 8.66. The lowest BCUT2D eigenvalue weighted by Crippen LogP contribution is -2.12. The van der Waals surface area contributed by atoms with E-state index in [0.717, 1.165) is 0 Å². The molecular weight excluding hydrogens is 394 g/mol. The van der Waals surface area contributed by atoms with Crippen LogP contribution in [-0.4, -0.2) is 52.5 Å². The Bertz CT molecular complexity index is 968. The Balaban J connectivity index is 2.34. The van der Waals surface area contributed by atoms with Gasteiger partial charge < -0.3 is 34.1 Å². The van der Waals surface area contributed by atoms with Gasteiger partial charge in [-0.25, -0.2) is 4.79 Å². The number of anilines is 1. The van der Waals surface area contributed by atoms with Gasteiger partial charge in [0.25, 0.3) is 0 Å². The molecule has 9 nitrogen and oxygen atoms in total. The molecule has 0 radical (unpaired) electrons. The molecule has 30 heavy (non-hydrogen) atoms. The van der Waals surface area contributed by atoms with Crippen LogP contribution in [0.3, 0.4) is 0 Å². The molecule has 9 heteroatoms. The SMILES string of the molecule is COc1cc(OC)c(OC)cc1C=CC(=O)Nc1cc(OC)c(OC)cc1C(=O)O. The van der Waals surface area contributed by atoms with Gasteiger partial charge in [-0.05, 0) is 12.1 Å². The first kappa shape index (κ1) is 22.4. The molecule has 0 saturated heterocycles. The van der Waals surface area contributed by atoms with Crippen LogP contribution in [0, 0.1) is 0 Å². The maximum absolute atomic E-state index is 12.4. The molecule has 1 amide bonds. The Morgan fingerprint density at radius 3 is 1.80 bits per heavy atom. The maximum Gasteiger partial charge on any atom is 0.337 e. The number of carbonyl (C=O) groups excluding carboxylic acids is 1. The van der Waals surface area contributed by atoms with Crippen LogP contribution < -0.4 is 29.0 Å². The minimum absolute atomic E-state index is 0.0640. The fourth-order valence-electron chi connectivity index (χ4n) is 2.68. The number of carboxylic acids is 1. The number of rotatable bonds is 9. The predicted octanol–water partition coefficient (Wildman–Crippen LogP) is 3.08. The standard InChI is InChI=1S/C21H23NO8/c1-26-15-11-19(30-5)16(27-2)8-12(15)6-7-20(23)22-14-10-18(29-4)17(28-3)9-13(14)21(24)25/h6-11H,1-5H3,(H,22,23)(H,24,25). The van der Waals surface area contributed by atoms with Crippen LogP contribution in [0.2, 0.25) is 0 Å². The summed E-state index contributed by atoms with van der Waals surface area (Å²) in [6, 6.07) is 5.94. The van der Waals surface area contributed by atoms with Crippen molar-refractivity contribution in [3.63, 3.8) is 0 Å². The van der Waals surface area contributed by atoms with E-state index in [1.54, 1.807) is 12.1 Å². The van der Waals surface area contributed by atoms with Gasteiger partial charge in [0.05, 0.1) is 46.8 Å². The lowest BCUT2D eigenvalue weighted by Gasteiger charge is -2.13. The van der Waals surface area contributed by atoms with Crippen LogP contribution in [-0.2, 0) is 4.79 Å². The zero-order chi connectivity index (χ0) is 22.3. The molecule has 0 heterocycles. The number of benzene rings is 2. The Labute approximate surface area is 173 Å². The molecule has 0 fully saturated rings. The van der Waals surface area contributed by atoms with Gasteiger partial charge in [-0.2, -0.15) is 0 Å². The zero-order valence-corrected chi connectivity index (χ0v) is 17.3. The molecule has 2 rings (SSSR count). The summed E-state index contributed by atoms with van der Waals surface area (Å²) in [5.41, 5.74) is 0.489. The van der Waals surface area contributed by atoms with Gasteiger partial charge in [-0.1, -0.05) is 0 Å². The molecule has 0 aliphatic carbocycles. The topological polar surface area (TPSA) is 113 Å². The Kier molecular flexibility index (Phi) is 7.51. The number of carbonyl (C=O) groups is 2. The molecule has 0 atom stereocenters. The van der Waals surface area contributed by atoms with E-state index in [2.05, 4.69) is 5.32 Å². The van der Waals surface area contributed by atoms with Crippen molar-refractivity contribution in [1.82, 2.24) is 0 Å². The smallest absolute Gasteiger partial charge is 0.337 e. The molecule has 0 aromatic heterocycles. The minimum Gasteiger partial charge on any atom is -0.496 e. The number of hydrogen-bond donors (Lipinski definition) is 2. The fraction of sp³-hybridized carbons (Fsp3) is 0.238. The normalized spacial score (nSPS) is 10.4. The molecule has 0 bridgehead atoms. The summed E-state index contributed by atoms with van der Waals surface area (Å²) in [6.45, 7) is 0. The van der Waals surface area contributed by atoms with E-state index in [4.69, 9.17) is 23.7 Å². The average molecular weight is 417 g/mol. The van der Waals surface area contributed by atoms with Crippen LogP contribution >= 0.6 is 0 Å². The molecule has 160 valence electrons.